The Morgan fingerprint density at radius 1 is 1.10 bits per heavy atom. The molecule has 0 saturated carbocycles. The standard InChI is InChI=1S/C17H33N3/c1-5-8-9-10-11-12-13-16(18-4)17-14-15(6-2)19-20(17)7-3/h14,16,18H,5-13H2,1-4H3. The van der Waals surface area contributed by atoms with Crippen LogP contribution in [0.1, 0.15) is 83.1 Å². The molecule has 0 bridgehead atoms. The first-order valence-corrected chi connectivity index (χ1v) is 8.50. The lowest BCUT2D eigenvalue weighted by Crippen LogP contribution is -2.20. The monoisotopic (exact) mass is 279 g/mol. The van der Waals surface area contributed by atoms with E-state index in [1.807, 2.05) is 0 Å². The van der Waals surface area contributed by atoms with E-state index in [1.54, 1.807) is 0 Å². The van der Waals surface area contributed by atoms with Gasteiger partial charge in [0.1, 0.15) is 0 Å². The van der Waals surface area contributed by atoms with Gasteiger partial charge >= 0.3 is 0 Å². The van der Waals surface area contributed by atoms with Crippen molar-refractivity contribution in [3.05, 3.63) is 17.5 Å². The van der Waals surface area contributed by atoms with E-state index in [1.165, 1.54) is 56.3 Å². The summed E-state index contributed by atoms with van der Waals surface area (Å²) in [7, 11) is 2.07. The van der Waals surface area contributed by atoms with Crippen LogP contribution in [0.5, 0.6) is 0 Å². The molecule has 3 heteroatoms. The highest BCUT2D eigenvalue weighted by Gasteiger charge is 2.15. The Bertz CT molecular complexity index is 357. The number of aryl methyl sites for hydroxylation is 2. The van der Waals surface area contributed by atoms with Crippen LogP contribution >= 0.6 is 0 Å². The fourth-order valence-corrected chi connectivity index (χ4v) is 2.76. The third-order valence-electron chi connectivity index (χ3n) is 4.08. The molecule has 0 radical (unpaired) electrons. The number of hydrogen-bond donors (Lipinski definition) is 1. The Kier molecular flexibility index (Phi) is 8.59. The second-order valence-corrected chi connectivity index (χ2v) is 5.63. The molecule has 1 rings (SSSR count). The number of rotatable bonds is 11. The molecule has 1 aromatic heterocycles. The van der Waals surface area contributed by atoms with Crippen molar-refractivity contribution in [1.29, 1.82) is 0 Å². The van der Waals surface area contributed by atoms with Crippen LogP contribution in [-0.4, -0.2) is 16.8 Å². The summed E-state index contributed by atoms with van der Waals surface area (Å²) < 4.78 is 2.16. The van der Waals surface area contributed by atoms with Gasteiger partial charge in [-0.05, 0) is 32.9 Å². The van der Waals surface area contributed by atoms with Crippen molar-refractivity contribution in [2.24, 2.45) is 0 Å². The third-order valence-corrected chi connectivity index (χ3v) is 4.08. The summed E-state index contributed by atoms with van der Waals surface area (Å²) in [5, 5.41) is 8.13. The predicted octanol–water partition coefficient (Wildman–Crippen LogP) is 4.48. The quantitative estimate of drug-likeness (QED) is 0.605. The fraction of sp³-hybridized carbons (Fsp3) is 0.824. The molecular formula is C17H33N3. The van der Waals surface area contributed by atoms with Crippen LogP contribution in [0.15, 0.2) is 6.07 Å². The van der Waals surface area contributed by atoms with Gasteiger partial charge in [-0.15, -0.1) is 0 Å². The third kappa shape index (κ3) is 5.28. The average Bonchev–Trinajstić information content (AvgIpc) is 2.90. The normalized spacial score (nSPS) is 12.8. The summed E-state index contributed by atoms with van der Waals surface area (Å²) >= 11 is 0. The molecule has 20 heavy (non-hydrogen) atoms. The second-order valence-electron chi connectivity index (χ2n) is 5.63. The van der Waals surface area contributed by atoms with Gasteiger partial charge in [0.05, 0.1) is 11.4 Å². The molecule has 3 nitrogen and oxygen atoms in total. The van der Waals surface area contributed by atoms with Crippen LogP contribution in [0.3, 0.4) is 0 Å². The summed E-state index contributed by atoms with van der Waals surface area (Å²) in [6.45, 7) is 7.58. The molecule has 0 aliphatic carbocycles. The fourth-order valence-electron chi connectivity index (χ4n) is 2.76. The Balaban J connectivity index is 2.46. The summed E-state index contributed by atoms with van der Waals surface area (Å²) in [6.07, 6.45) is 10.4. The average molecular weight is 279 g/mol. The highest BCUT2D eigenvalue weighted by atomic mass is 15.3. The molecule has 0 aliphatic heterocycles. The van der Waals surface area contributed by atoms with Crippen molar-refractivity contribution in [2.45, 2.75) is 84.7 Å². The van der Waals surface area contributed by atoms with Gasteiger partial charge in [0.25, 0.3) is 0 Å². The molecule has 1 N–H and O–H groups in total. The van der Waals surface area contributed by atoms with E-state index in [0.29, 0.717) is 6.04 Å². The zero-order valence-corrected chi connectivity index (χ0v) is 13.9. The van der Waals surface area contributed by atoms with Crippen LogP contribution in [-0.2, 0) is 13.0 Å². The molecule has 1 aromatic rings. The van der Waals surface area contributed by atoms with Gasteiger partial charge in [0.15, 0.2) is 0 Å². The van der Waals surface area contributed by atoms with Crippen LogP contribution in [0, 0.1) is 0 Å². The number of aromatic nitrogens is 2. The largest absolute Gasteiger partial charge is 0.312 e. The van der Waals surface area contributed by atoms with E-state index in [4.69, 9.17) is 0 Å². The highest BCUT2D eigenvalue weighted by Crippen LogP contribution is 2.21. The van der Waals surface area contributed by atoms with Gasteiger partial charge in [-0.25, -0.2) is 0 Å². The molecule has 0 aromatic carbocycles. The smallest absolute Gasteiger partial charge is 0.0625 e. The minimum atomic E-state index is 0.453. The topological polar surface area (TPSA) is 29.9 Å². The molecule has 0 amide bonds. The minimum absolute atomic E-state index is 0.453. The summed E-state index contributed by atoms with van der Waals surface area (Å²) in [4.78, 5) is 0. The molecule has 1 heterocycles. The Labute approximate surface area is 125 Å². The molecule has 0 fully saturated rings. The lowest BCUT2D eigenvalue weighted by molar-refractivity contribution is 0.460. The van der Waals surface area contributed by atoms with E-state index in [9.17, 15) is 0 Å². The van der Waals surface area contributed by atoms with E-state index in [0.717, 1.165) is 13.0 Å². The van der Waals surface area contributed by atoms with Crippen molar-refractivity contribution in [2.75, 3.05) is 7.05 Å². The molecule has 116 valence electrons. The van der Waals surface area contributed by atoms with Crippen molar-refractivity contribution < 1.29 is 0 Å². The SMILES string of the molecule is CCCCCCCCC(NC)c1cc(CC)nn1CC. The van der Waals surface area contributed by atoms with Crippen molar-refractivity contribution >= 4 is 0 Å². The molecule has 1 atom stereocenters. The van der Waals surface area contributed by atoms with Crippen molar-refractivity contribution in [3.63, 3.8) is 0 Å². The van der Waals surface area contributed by atoms with Crippen LogP contribution < -0.4 is 5.32 Å². The van der Waals surface area contributed by atoms with E-state index < -0.39 is 0 Å². The van der Waals surface area contributed by atoms with Crippen LogP contribution in [0.4, 0.5) is 0 Å². The molecule has 0 spiro atoms. The lowest BCUT2D eigenvalue weighted by atomic mass is 10.0. The van der Waals surface area contributed by atoms with Gasteiger partial charge in [0.2, 0.25) is 0 Å². The van der Waals surface area contributed by atoms with Gasteiger partial charge in [0, 0.05) is 12.6 Å². The Morgan fingerprint density at radius 3 is 2.40 bits per heavy atom. The lowest BCUT2D eigenvalue weighted by Gasteiger charge is -2.17. The van der Waals surface area contributed by atoms with Gasteiger partial charge in [-0.1, -0.05) is 52.4 Å². The van der Waals surface area contributed by atoms with Crippen molar-refractivity contribution in [3.8, 4) is 0 Å². The van der Waals surface area contributed by atoms with E-state index >= 15 is 0 Å². The van der Waals surface area contributed by atoms with Crippen LogP contribution in [0.25, 0.3) is 0 Å². The summed E-state index contributed by atoms with van der Waals surface area (Å²) in [5.41, 5.74) is 2.57. The van der Waals surface area contributed by atoms with Crippen molar-refractivity contribution in [1.82, 2.24) is 15.1 Å². The van der Waals surface area contributed by atoms with Gasteiger partial charge < -0.3 is 5.32 Å². The van der Waals surface area contributed by atoms with Crippen LogP contribution in [0.2, 0.25) is 0 Å². The highest BCUT2D eigenvalue weighted by molar-refractivity contribution is 5.14. The zero-order chi connectivity index (χ0) is 14.8. The zero-order valence-electron chi connectivity index (χ0n) is 13.9. The first-order chi connectivity index (χ1) is 9.76. The van der Waals surface area contributed by atoms with Gasteiger partial charge in [-0.3, -0.25) is 4.68 Å². The van der Waals surface area contributed by atoms with E-state index in [2.05, 4.69) is 49.0 Å². The molecule has 0 saturated heterocycles. The van der Waals surface area contributed by atoms with Gasteiger partial charge in [-0.2, -0.15) is 5.10 Å². The van der Waals surface area contributed by atoms with E-state index in [-0.39, 0.29) is 0 Å². The molecule has 1 unspecified atom stereocenters. The number of hydrogen-bond acceptors (Lipinski definition) is 2. The number of nitrogens with one attached hydrogen (secondary N) is 1. The Morgan fingerprint density at radius 2 is 1.80 bits per heavy atom. The maximum absolute atomic E-state index is 4.66. The predicted molar refractivity (Wildman–Crippen MR) is 87.1 cm³/mol. The first-order valence-electron chi connectivity index (χ1n) is 8.50. The maximum Gasteiger partial charge on any atom is 0.0625 e. The summed E-state index contributed by atoms with van der Waals surface area (Å²) in [6, 6.07) is 2.73. The number of unbranched alkanes of at least 4 members (excludes halogenated alkanes) is 5. The second kappa shape index (κ2) is 9.98. The summed E-state index contributed by atoms with van der Waals surface area (Å²) in [5.74, 6) is 0. The molecule has 0 aliphatic rings. The maximum atomic E-state index is 4.66. The Hall–Kier alpha value is -0.830. The first kappa shape index (κ1) is 17.2. The molecular weight excluding hydrogens is 246 g/mol. The minimum Gasteiger partial charge on any atom is -0.312 e. The number of nitrogens with zero attached hydrogens (tertiary/aromatic N) is 2.